The SMILES string of the molecule is CC[CH2][SnH].[SnH4]. The van der Waals surface area contributed by atoms with Crippen molar-refractivity contribution in [3.05, 3.63) is 0 Å². The van der Waals surface area contributed by atoms with E-state index in [4.69, 9.17) is 0 Å². The zero-order valence-electron chi connectivity index (χ0n) is 2.99. The first-order chi connectivity index (χ1) is 1.91. The van der Waals surface area contributed by atoms with E-state index in [2.05, 4.69) is 6.92 Å². The Morgan fingerprint density at radius 1 is 1.60 bits per heavy atom. The number of rotatable bonds is 1. The maximum absolute atomic E-state index is 2.21. The fraction of sp³-hybridized carbons (Fsp3) is 1.00. The Hall–Kier alpha value is 1.60. The van der Waals surface area contributed by atoms with Crippen LogP contribution in [0.25, 0.3) is 0 Å². The molecule has 0 aromatic heterocycles. The van der Waals surface area contributed by atoms with Crippen LogP contribution in [0.3, 0.4) is 0 Å². The van der Waals surface area contributed by atoms with E-state index in [1.165, 1.54) is 33.4 Å². The van der Waals surface area contributed by atoms with Crippen LogP contribution in [-0.2, 0) is 0 Å². The molecule has 0 saturated heterocycles. The van der Waals surface area contributed by atoms with Gasteiger partial charge in [-0.15, -0.1) is 0 Å². The van der Waals surface area contributed by atoms with Crippen molar-refractivity contribution in [1.29, 1.82) is 0 Å². The minimum atomic E-state index is 0. The van der Waals surface area contributed by atoms with Crippen LogP contribution < -0.4 is 0 Å². The fourth-order valence-corrected chi connectivity index (χ4v) is 0. The van der Waals surface area contributed by atoms with E-state index in [1.54, 1.807) is 0 Å². The van der Waals surface area contributed by atoms with E-state index in [0.717, 1.165) is 0 Å². The van der Waals surface area contributed by atoms with Gasteiger partial charge in [-0.05, 0) is 0 Å². The number of hydrogen-bond donors (Lipinski definition) is 0. The zero-order valence-corrected chi connectivity index (χ0v) is 6.29. The Balaban J connectivity index is 0. The molecule has 0 rings (SSSR count). The van der Waals surface area contributed by atoms with Crippen molar-refractivity contribution in [3.8, 4) is 0 Å². The van der Waals surface area contributed by atoms with Crippen LogP contribution in [0.4, 0.5) is 0 Å². The first-order valence-corrected chi connectivity index (χ1v) is 3.95. The Morgan fingerprint density at radius 3 is 1.80 bits per heavy atom. The Kier molecular flexibility index (Phi) is 17.9. The van der Waals surface area contributed by atoms with E-state index in [1.807, 2.05) is 0 Å². The zero-order chi connectivity index (χ0) is 3.41. The van der Waals surface area contributed by atoms with Crippen molar-refractivity contribution in [2.24, 2.45) is 0 Å². The molecular weight excluding hydrogens is 273 g/mol. The molecule has 32 valence electrons. The van der Waals surface area contributed by atoms with Gasteiger partial charge in [-0.2, -0.15) is 0 Å². The average molecular weight is 286 g/mol. The van der Waals surface area contributed by atoms with Crippen molar-refractivity contribution in [2.45, 2.75) is 17.8 Å². The molecule has 0 aliphatic rings. The maximum atomic E-state index is 2.21. The molecule has 0 saturated carbocycles. The van der Waals surface area contributed by atoms with Crippen molar-refractivity contribution >= 4 is 46.4 Å². The molecule has 0 aromatic rings. The Morgan fingerprint density at radius 2 is 1.80 bits per heavy atom. The predicted molar refractivity (Wildman–Crippen MR) is 33.6 cm³/mol. The van der Waals surface area contributed by atoms with Crippen LogP contribution in [0.1, 0.15) is 13.3 Å². The average Bonchev–Trinajstić information content (AvgIpc) is 1.37. The summed E-state index contributed by atoms with van der Waals surface area (Å²) in [5.41, 5.74) is 0. The summed E-state index contributed by atoms with van der Waals surface area (Å²) >= 11 is 1.44. The van der Waals surface area contributed by atoms with Gasteiger partial charge in [0, 0.05) is 0 Å². The van der Waals surface area contributed by atoms with Crippen LogP contribution in [0.2, 0.25) is 4.44 Å². The van der Waals surface area contributed by atoms with Crippen LogP contribution in [0.15, 0.2) is 0 Å². The molecule has 0 aliphatic heterocycles. The molecule has 0 aliphatic carbocycles. The van der Waals surface area contributed by atoms with Crippen molar-refractivity contribution in [2.75, 3.05) is 0 Å². The molecule has 2 radical (unpaired) electrons. The first kappa shape index (κ1) is 9.78. The third-order valence-electron chi connectivity index (χ3n) is 0.289. The molecule has 0 bridgehead atoms. The van der Waals surface area contributed by atoms with Gasteiger partial charge in [0.2, 0.25) is 0 Å². The quantitative estimate of drug-likeness (QED) is 0.557. The molecule has 0 amide bonds. The second kappa shape index (κ2) is 9.14. The van der Waals surface area contributed by atoms with Crippen LogP contribution >= 0.6 is 0 Å². The van der Waals surface area contributed by atoms with Crippen LogP contribution in [0, 0.1) is 0 Å². The van der Waals surface area contributed by atoms with Gasteiger partial charge in [0.05, 0.1) is 0 Å². The summed E-state index contributed by atoms with van der Waals surface area (Å²) in [6.07, 6.45) is 1.38. The fourth-order valence-electron chi connectivity index (χ4n) is 0. The molecule has 0 unspecified atom stereocenters. The van der Waals surface area contributed by atoms with Gasteiger partial charge in [0.1, 0.15) is 0 Å². The van der Waals surface area contributed by atoms with Crippen LogP contribution in [-0.4, -0.2) is 46.4 Å². The Labute approximate surface area is 63.8 Å². The van der Waals surface area contributed by atoms with Gasteiger partial charge >= 0.3 is 64.2 Å². The summed E-state index contributed by atoms with van der Waals surface area (Å²) in [5.74, 6) is 0. The Bertz CT molecular complexity index is 6.85. The molecule has 2 heteroatoms. The summed E-state index contributed by atoms with van der Waals surface area (Å²) in [5, 5.41) is 0. The van der Waals surface area contributed by atoms with Crippen LogP contribution in [0.5, 0.6) is 0 Å². The predicted octanol–water partition coefficient (Wildman–Crippen LogP) is -0.736. The van der Waals surface area contributed by atoms with Crippen molar-refractivity contribution in [1.82, 2.24) is 0 Å². The summed E-state index contributed by atoms with van der Waals surface area (Å²) in [6, 6.07) is 0. The summed E-state index contributed by atoms with van der Waals surface area (Å²) < 4.78 is 1.45. The van der Waals surface area contributed by atoms with Gasteiger partial charge in [-0.1, -0.05) is 0 Å². The second-order valence-electron chi connectivity index (χ2n) is 0.789. The molecule has 0 N–H and O–H groups in total. The van der Waals surface area contributed by atoms with Gasteiger partial charge in [-0.3, -0.25) is 0 Å². The molecule has 5 heavy (non-hydrogen) atoms. The topological polar surface area (TPSA) is 0 Å². The third-order valence-corrected chi connectivity index (χ3v) is 1.94. The molecular formula is C3H12Sn2. The molecule has 0 spiro atoms. The van der Waals surface area contributed by atoms with Gasteiger partial charge in [0.25, 0.3) is 0 Å². The van der Waals surface area contributed by atoms with Gasteiger partial charge < -0.3 is 0 Å². The molecule has 0 aromatic carbocycles. The summed E-state index contributed by atoms with van der Waals surface area (Å²) in [4.78, 5) is 0. The number of hydrogen-bond acceptors (Lipinski definition) is 0. The van der Waals surface area contributed by atoms with E-state index < -0.39 is 0 Å². The normalized spacial score (nSPS) is 6.00. The summed E-state index contributed by atoms with van der Waals surface area (Å²) in [7, 11) is 0. The first-order valence-electron chi connectivity index (χ1n) is 1.62. The monoisotopic (exact) mass is 288 g/mol. The summed E-state index contributed by atoms with van der Waals surface area (Å²) in [6.45, 7) is 2.21. The van der Waals surface area contributed by atoms with Crippen molar-refractivity contribution < 1.29 is 0 Å². The van der Waals surface area contributed by atoms with Gasteiger partial charge in [0.15, 0.2) is 0 Å². The van der Waals surface area contributed by atoms with Gasteiger partial charge in [-0.25, -0.2) is 0 Å². The second-order valence-corrected chi connectivity index (χ2v) is 2.44. The third kappa shape index (κ3) is 10.7. The molecule has 0 fully saturated rings. The standard InChI is InChI=1S/C3H7.2Sn.5H/c1-3-2;;;;;;;/h1,3H2,2H3;;;;;;;. The van der Waals surface area contributed by atoms with E-state index in [0.29, 0.717) is 0 Å². The van der Waals surface area contributed by atoms with Crippen molar-refractivity contribution in [3.63, 3.8) is 0 Å². The minimum absolute atomic E-state index is 0. The molecule has 0 nitrogen and oxygen atoms in total. The van der Waals surface area contributed by atoms with E-state index >= 15 is 0 Å². The van der Waals surface area contributed by atoms with E-state index in [-0.39, 0.29) is 23.9 Å². The van der Waals surface area contributed by atoms with E-state index in [9.17, 15) is 0 Å². The molecule has 0 atom stereocenters. The molecule has 0 heterocycles.